The van der Waals surface area contributed by atoms with E-state index in [1.54, 1.807) is 12.1 Å². The van der Waals surface area contributed by atoms with Crippen LogP contribution in [0.3, 0.4) is 0 Å². The molecule has 122 valence electrons. The van der Waals surface area contributed by atoms with Gasteiger partial charge in [0.1, 0.15) is 6.04 Å². The number of fused-ring (bicyclic) bond motifs is 1. The maximum Gasteiger partial charge on any atom is 0.355 e. The largest absolute Gasteiger partial charge is 0.355 e. The lowest BCUT2D eigenvalue weighted by atomic mass is 10.0. The van der Waals surface area contributed by atoms with Crippen molar-refractivity contribution in [2.75, 3.05) is 0 Å². The molecule has 0 unspecified atom stereocenters. The average Bonchev–Trinajstić information content (AvgIpc) is 2.71. The van der Waals surface area contributed by atoms with E-state index in [2.05, 4.69) is 5.32 Å². The van der Waals surface area contributed by atoms with E-state index in [0.29, 0.717) is 11.5 Å². The Morgan fingerprint density at radius 1 is 1.13 bits per heavy atom. The summed E-state index contributed by atoms with van der Waals surface area (Å²) in [5.74, 6) is -2.50. The van der Waals surface area contributed by atoms with Crippen LogP contribution in [0.25, 0.3) is 0 Å². The van der Waals surface area contributed by atoms with Crippen molar-refractivity contribution in [1.29, 1.82) is 0 Å². The van der Waals surface area contributed by atoms with E-state index in [1.165, 1.54) is 19.1 Å². The molecule has 1 aliphatic heterocycles. The highest BCUT2D eigenvalue weighted by molar-refractivity contribution is 6.20. The van der Waals surface area contributed by atoms with Crippen molar-refractivity contribution in [3.05, 3.63) is 35.4 Å². The van der Waals surface area contributed by atoms with Gasteiger partial charge in [-0.25, -0.2) is 4.79 Å². The number of hydroxylamine groups is 2. The van der Waals surface area contributed by atoms with Crippen LogP contribution in [0, 0.1) is 5.92 Å². The standard InChI is InChI=1S/C16H18N2O5/c1-9(2)8-13(17-10(3)19)16(22)23-18-14(20)11-6-4-5-7-12(11)15(18)21/h4-7,9,13H,8H2,1-3H3,(H,17,19)/t13-/m1/s1. The first-order chi connectivity index (χ1) is 10.8. The molecule has 1 aromatic carbocycles. The van der Waals surface area contributed by atoms with Crippen LogP contribution in [-0.2, 0) is 14.4 Å². The van der Waals surface area contributed by atoms with E-state index in [-0.39, 0.29) is 17.0 Å². The zero-order valence-corrected chi connectivity index (χ0v) is 13.2. The van der Waals surface area contributed by atoms with Gasteiger partial charge in [-0.15, -0.1) is 0 Å². The number of benzene rings is 1. The van der Waals surface area contributed by atoms with Crippen molar-refractivity contribution in [3.8, 4) is 0 Å². The van der Waals surface area contributed by atoms with Crippen molar-refractivity contribution < 1.29 is 24.0 Å². The van der Waals surface area contributed by atoms with Crippen LogP contribution in [0.4, 0.5) is 0 Å². The second kappa shape index (κ2) is 6.60. The summed E-state index contributed by atoms with van der Waals surface area (Å²) in [6, 6.07) is 5.30. The van der Waals surface area contributed by atoms with Crippen LogP contribution >= 0.6 is 0 Å². The highest BCUT2D eigenvalue weighted by atomic mass is 16.7. The van der Waals surface area contributed by atoms with Crippen molar-refractivity contribution >= 4 is 23.7 Å². The number of amides is 3. The van der Waals surface area contributed by atoms with Crippen LogP contribution in [-0.4, -0.2) is 34.8 Å². The topological polar surface area (TPSA) is 92.8 Å². The van der Waals surface area contributed by atoms with Gasteiger partial charge < -0.3 is 10.2 Å². The molecule has 23 heavy (non-hydrogen) atoms. The summed E-state index contributed by atoms with van der Waals surface area (Å²) >= 11 is 0. The fourth-order valence-electron chi connectivity index (χ4n) is 2.33. The van der Waals surface area contributed by atoms with E-state index in [0.717, 1.165) is 0 Å². The van der Waals surface area contributed by atoms with Gasteiger partial charge in [0.05, 0.1) is 11.1 Å². The molecular formula is C16H18N2O5. The maximum atomic E-state index is 12.2. The summed E-state index contributed by atoms with van der Waals surface area (Å²) in [5, 5.41) is 2.92. The fraction of sp³-hybridized carbons (Fsp3) is 0.375. The van der Waals surface area contributed by atoms with Crippen LogP contribution in [0.5, 0.6) is 0 Å². The molecule has 2 rings (SSSR count). The summed E-state index contributed by atoms with van der Waals surface area (Å²) in [6.07, 6.45) is 0.335. The molecule has 3 amide bonds. The van der Waals surface area contributed by atoms with E-state index >= 15 is 0 Å². The first-order valence-electron chi connectivity index (χ1n) is 7.28. The van der Waals surface area contributed by atoms with Gasteiger partial charge in [0.25, 0.3) is 11.8 Å². The van der Waals surface area contributed by atoms with E-state index in [4.69, 9.17) is 4.84 Å². The summed E-state index contributed by atoms with van der Waals surface area (Å²) in [6.45, 7) is 5.04. The van der Waals surface area contributed by atoms with Crippen molar-refractivity contribution in [1.82, 2.24) is 10.4 Å². The third-order valence-corrected chi connectivity index (χ3v) is 3.31. The highest BCUT2D eigenvalue weighted by Crippen LogP contribution is 2.23. The predicted molar refractivity (Wildman–Crippen MR) is 80.1 cm³/mol. The molecule has 0 radical (unpaired) electrons. The minimum absolute atomic E-state index is 0.113. The maximum absolute atomic E-state index is 12.2. The Balaban J connectivity index is 2.14. The molecule has 1 aromatic rings. The lowest BCUT2D eigenvalue weighted by molar-refractivity contribution is -0.172. The number of rotatable bonds is 5. The lowest BCUT2D eigenvalue weighted by Crippen LogP contribution is -2.45. The monoisotopic (exact) mass is 318 g/mol. The second-order valence-corrected chi connectivity index (χ2v) is 5.74. The zero-order valence-electron chi connectivity index (χ0n) is 13.2. The van der Waals surface area contributed by atoms with Crippen molar-refractivity contribution in [3.63, 3.8) is 0 Å². The Morgan fingerprint density at radius 3 is 2.09 bits per heavy atom. The van der Waals surface area contributed by atoms with Gasteiger partial charge in [0, 0.05) is 6.92 Å². The number of nitrogens with one attached hydrogen (secondary N) is 1. The number of imide groups is 1. The molecule has 0 aromatic heterocycles. The minimum atomic E-state index is -0.920. The van der Waals surface area contributed by atoms with Crippen LogP contribution in [0.1, 0.15) is 47.9 Å². The number of hydrogen-bond donors (Lipinski definition) is 1. The van der Waals surface area contributed by atoms with E-state index in [1.807, 2.05) is 13.8 Å². The van der Waals surface area contributed by atoms with Gasteiger partial charge in [-0.05, 0) is 24.5 Å². The van der Waals surface area contributed by atoms with Gasteiger partial charge in [0.2, 0.25) is 5.91 Å². The Kier molecular flexibility index (Phi) is 4.78. The molecule has 1 N–H and O–H groups in total. The molecule has 0 spiro atoms. The molecular weight excluding hydrogens is 300 g/mol. The van der Waals surface area contributed by atoms with Gasteiger partial charge in [-0.1, -0.05) is 31.0 Å². The van der Waals surface area contributed by atoms with Crippen LogP contribution in [0.15, 0.2) is 24.3 Å². The number of nitrogens with zero attached hydrogens (tertiary/aromatic N) is 1. The van der Waals surface area contributed by atoms with E-state index < -0.39 is 29.7 Å². The average molecular weight is 318 g/mol. The summed E-state index contributed by atoms with van der Waals surface area (Å²) in [7, 11) is 0. The molecule has 1 atom stereocenters. The smallest absolute Gasteiger partial charge is 0.343 e. The minimum Gasteiger partial charge on any atom is -0.343 e. The molecule has 0 aliphatic carbocycles. The molecule has 7 nitrogen and oxygen atoms in total. The zero-order chi connectivity index (χ0) is 17.1. The van der Waals surface area contributed by atoms with Crippen LogP contribution in [0.2, 0.25) is 0 Å². The summed E-state index contributed by atoms with van der Waals surface area (Å²) in [4.78, 5) is 52.7. The third-order valence-electron chi connectivity index (χ3n) is 3.31. The first kappa shape index (κ1) is 16.7. The quantitative estimate of drug-likeness (QED) is 0.826. The molecule has 0 bridgehead atoms. The van der Waals surface area contributed by atoms with Gasteiger partial charge in [0.15, 0.2) is 0 Å². The Bertz CT molecular complexity index is 633. The van der Waals surface area contributed by atoms with Gasteiger partial charge >= 0.3 is 5.97 Å². The Morgan fingerprint density at radius 2 is 1.65 bits per heavy atom. The lowest BCUT2D eigenvalue weighted by Gasteiger charge is -2.20. The first-order valence-corrected chi connectivity index (χ1v) is 7.28. The number of carbonyl (C=O) groups excluding carboxylic acids is 4. The molecule has 0 saturated carbocycles. The Labute approximate surface area is 133 Å². The molecule has 1 aliphatic rings. The molecule has 0 saturated heterocycles. The van der Waals surface area contributed by atoms with Gasteiger partial charge in [-0.3, -0.25) is 14.4 Å². The molecule has 0 fully saturated rings. The highest BCUT2D eigenvalue weighted by Gasteiger charge is 2.39. The summed E-state index contributed by atoms with van der Waals surface area (Å²) in [5.41, 5.74) is 0.371. The normalized spacial score (nSPS) is 14.7. The predicted octanol–water partition coefficient (Wildman–Crippen LogP) is 1.29. The summed E-state index contributed by atoms with van der Waals surface area (Å²) < 4.78 is 0. The van der Waals surface area contributed by atoms with Gasteiger partial charge in [-0.2, -0.15) is 0 Å². The molecule has 1 heterocycles. The third kappa shape index (κ3) is 3.56. The Hall–Kier alpha value is -2.70. The SMILES string of the molecule is CC(=O)N[C@H](CC(C)C)C(=O)ON1C(=O)c2ccccc2C1=O. The van der Waals surface area contributed by atoms with Crippen LogP contribution < -0.4 is 5.32 Å². The second-order valence-electron chi connectivity index (χ2n) is 5.74. The fourth-order valence-corrected chi connectivity index (χ4v) is 2.33. The van der Waals surface area contributed by atoms with Crippen molar-refractivity contribution in [2.24, 2.45) is 5.92 Å². The van der Waals surface area contributed by atoms with E-state index in [9.17, 15) is 19.2 Å². The number of carbonyl (C=O) groups is 4. The van der Waals surface area contributed by atoms with Crippen molar-refractivity contribution in [2.45, 2.75) is 33.2 Å². The number of hydrogen-bond acceptors (Lipinski definition) is 5. The molecule has 7 heteroatoms.